The molecule has 3 heteroatoms. The summed E-state index contributed by atoms with van der Waals surface area (Å²) in [7, 11) is 2.28. The molecule has 1 aliphatic carbocycles. The van der Waals surface area contributed by atoms with Gasteiger partial charge in [0.05, 0.1) is 0 Å². The van der Waals surface area contributed by atoms with Gasteiger partial charge >= 0.3 is 0 Å². The molecule has 1 saturated heterocycles. The molecule has 2 nitrogen and oxygen atoms in total. The van der Waals surface area contributed by atoms with Crippen molar-refractivity contribution in [1.29, 1.82) is 0 Å². The first-order chi connectivity index (χ1) is 5.71. The molecule has 67 valence electrons. The predicted octanol–water partition coefficient (Wildman–Crippen LogP) is 1.58. The maximum absolute atomic E-state index is 10.1. The van der Waals surface area contributed by atoms with Crippen LogP contribution in [0.4, 0.5) is 0 Å². The quantitative estimate of drug-likeness (QED) is 0.555. The summed E-state index contributed by atoms with van der Waals surface area (Å²) in [5.74, 6) is 0.0854. The van der Waals surface area contributed by atoms with E-state index in [1.165, 1.54) is 0 Å². The van der Waals surface area contributed by atoms with Crippen molar-refractivity contribution in [3.63, 3.8) is 0 Å². The second-order valence-electron chi connectivity index (χ2n) is 4.15. The summed E-state index contributed by atoms with van der Waals surface area (Å²) < 4.78 is 5.51. The average molecular weight is 167 g/mol. The molecule has 1 N–H and O–H groups in total. The monoisotopic (exact) mass is 167 g/mol. The fraction of sp³-hybridized carbons (Fsp3) is 1.00. The Kier molecular flexibility index (Phi) is 2.17. The lowest BCUT2D eigenvalue weighted by Crippen LogP contribution is -2.34. The van der Waals surface area contributed by atoms with Gasteiger partial charge in [-0.15, -0.1) is 0 Å². The van der Waals surface area contributed by atoms with Crippen molar-refractivity contribution in [2.45, 2.75) is 50.0 Å². The summed E-state index contributed by atoms with van der Waals surface area (Å²) in [6, 6.07) is 0. The molecule has 2 aliphatic rings. The van der Waals surface area contributed by atoms with Gasteiger partial charge in [0.2, 0.25) is 0 Å². The first kappa shape index (κ1) is 8.58. The first-order valence-corrected chi connectivity index (χ1v) is 4.92. The first-order valence-electron chi connectivity index (χ1n) is 4.92. The highest BCUT2D eigenvalue weighted by Gasteiger charge is 2.44. The molecule has 2 fully saturated rings. The zero-order valence-electron chi connectivity index (χ0n) is 7.62. The van der Waals surface area contributed by atoms with Crippen LogP contribution in [0.3, 0.4) is 0 Å². The largest absolute Gasteiger partial charge is 0.366 e. The van der Waals surface area contributed by atoms with Crippen LogP contribution in [-0.4, -0.2) is 24.8 Å². The molecule has 12 heavy (non-hydrogen) atoms. The van der Waals surface area contributed by atoms with Crippen LogP contribution in [0.5, 0.6) is 0 Å². The van der Waals surface area contributed by atoms with Gasteiger partial charge in [-0.05, 0) is 18.7 Å². The molecule has 3 atom stereocenters. The zero-order valence-corrected chi connectivity index (χ0v) is 7.62. The van der Waals surface area contributed by atoms with Crippen molar-refractivity contribution in [3.8, 4) is 0 Å². The molecule has 3 unspecified atom stereocenters. The molecule has 0 amide bonds. The zero-order chi connectivity index (χ0) is 8.60. The highest BCUT2D eigenvalue weighted by Crippen LogP contribution is 2.44. The van der Waals surface area contributed by atoms with Gasteiger partial charge in [-0.3, -0.25) is 0 Å². The van der Waals surface area contributed by atoms with E-state index in [0.29, 0.717) is 12.4 Å². The van der Waals surface area contributed by atoms with Crippen LogP contribution in [0.1, 0.15) is 32.6 Å². The minimum absolute atomic E-state index is 0.287. The van der Waals surface area contributed by atoms with Gasteiger partial charge in [0.1, 0.15) is 7.28 Å². The fourth-order valence-electron chi connectivity index (χ4n) is 2.33. The van der Waals surface area contributed by atoms with Gasteiger partial charge in [0.25, 0.3) is 0 Å². The van der Waals surface area contributed by atoms with Crippen LogP contribution in [0, 0.1) is 0 Å². The summed E-state index contributed by atoms with van der Waals surface area (Å²) in [4.78, 5) is 0. The highest BCUT2D eigenvalue weighted by atomic mass is 16.6. The molecule has 1 aliphatic heterocycles. The molecule has 0 bridgehead atoms. The van der Waals surface area contributed by atoms with Gasteiger partial charge < -0.3 is 9.84 Å². The van der Waals surface area contributed by atoms with Crippen LogP contribution in [0.25, 0.3) is 0 Å². The summed E-state index contributed by atoms with van der Waals surface area (Å²) in [5, 5.41) is 10.1. The maximum atomic E-state index is 10.1. The van der Waals surface area contributed by atoms with E-state index in [0.717, 1.165) is 25.7 Å². The summed E-state index contributed by atoms with van der Waals surface area (Å²) in [5.41, 5.74) is 0. The Labute approximate surface area is 74.5 Å². The lowest BCUT2D eigenvalue weighted by atomic mass is 9.53. The topological polar surface area (TPSA) is 29.5 Å². The normalized spacial score (nSPS) is 47.8. The molecular formula is C9H16BO2. The lowest BCUT2D eigenvalue weighted by Gasteiger charge is -2.27. The number of aliphatic hydroxyl groups is 1. The second kappa shape index (κ2) is 3.04. The Balaban J connectivity index is 2.10. The van der Waals surface area contributed by atoms with Gasteiger partial charge in [0.15, 0.2) is 5.79 Å². The third kappa shape index (κ3) is 1.40. The SMILES string of the molecule is CC1[B]C2CCCC2(O)OCC1. The Hall–Kier alpha value is -0.0151. The predicted molar refractivity (Wildman–Crippen MR) is 48.3 cm³/mol. The maximum Gasteiger partial charge on any atom is 0.161 e. The third-order valence-corrected chi connectivity index (χ3v) is 3.12. The average Bonchev–Trinajstić information content (AvgIpc) is 2.27. The van der Waals surface area contributed by atoms with E-state index in [9.17, 15) is 5.11 Å². The molecular weight excluding hydrogens is 151 g/mol. The molecule has 1 radical (unpaired) electrons. The van der Waals surface area contributed by atoms with Crippen molar-refractivity contribution < 1.29 is 9.84 Å². The summed E-state index contributed by atoms with van der Waals surface area (Å²) in [6.45, 7) is 2.91. The molecule has 0 spiro atoms. The number of fused-ring (bicyclic) bond motifs is 1. The van der Waals surface area contributed by atoms with Crippen molar-refractivity contribution >= 4 is 7.28 Å². The molecule has 0 aromatic rings. The molecule has 2 rings (SSSR count). The van der Waals surface area contributed by atoms with Crippen LogP contribution in [0.15, 0.2) is 0 Å². The minimum atomic E-state index is -0.801. The van der Waals surface area contributed by atoms with Crippen molar-refractivity contribution in [3.05, 3.63) is 0 Å². The van der Waals surface area contributed by atoms with E-state index in [2.05, 4.69) is 14.2 Å². The van der Waals surface area contributed by atoms with Crippen LogP contribution in [-0.2, 0) is 4.74 Å². The molecule has 1 saturated carbocycles. The van der Waals surface area contributed by atoms with E-state index in [4.69, 9.17) is 4.74 Å². The Morgan fingerprint density at radius 1 is 1.50 bits per heavy atom. The van der Waals surface area contributed by atoms with Gasteiger partial charge in [0, 0.05) is 13.0 Å². The van der Waals surface area contributed by atoms with Crippen molar-refractivity contribution in [1.82, 2.24) is 0 Å². The van der Waals surface area contributed by atoms with E-state index < -0.39 is 5.79 Å². The van der Waals surface area contributed by atoms with E-state index >= 15 is 0 Å². The Morgan fingerprint density at radius 2 is 2.33 bits per heavy atom. The Morgan fingerprint density at radius 3 is 3.17 bits per heavy atom. The molecule has 1 heterocycles. The van der Waals surface area contributed by atoms with Gasteiger partial charge in [-0.1, -0.05) is 19.2 Å². The number of ether oxygens (including phenoxy) is 1. The number of hydrogen-bond donors (Lipinski definition) is 1. The Bertz CT molecular complexity index is 174. The summed E-state index contributed by atoms with van der Waals surface area (Å²) in [6.07, 6.45) is 4.07. The standard InChI is InChI=1S/C9H16BO2/c1-7-4-6-12-9(11)5-2-3-8(9)10-7/h7-8,11H,2-6H2,1H3. The number of rotatable bonds is 0. The summed E-state index contributed by atoms with van der Waals surface area (Å²) >= 11 is 0. The minimum Gasteiger partial charge on any atom is -0.366 e. The van der Waals surface area contributed by atoms with E-state index in [-0.39, 0.29) is 5.82 Å². The van der Waals surface area contributed by atoms with Gasteiger partial charge in [-0.25, -0.2) is 0 Å². The second-order valence-corrected chi connectivity index (χ2v) is 4.15. The smallest absolute Gasteiger partial charge is 0.161 e. The van der Waals surface area contributed by atoms with E-state index in [1.54, 1.807) is 0 Å². The molecule has 0 aromatic carbocycles. The van der Waals surface area contributed by atoms with Crippen molar-refractivity contribution in [2.75, 3.05) is 6.61 Å². The van der Waals surface area contributed by atoms with Crippen molar-refractivity contribution in [2.24, 2.45) is 0 Å². The highest BCUT2D eigenvalue weighted by molar-refractivity contribution is 6.40. The number of hydrogen-bond acceptors (Lipinski definition) is 2. The van der Waals surface area contributed by atoms with E-state index in [1.807, 2.05) is 0 Å². The van der Waals surface area contributed by atoms with Crippen LogP contribution < -0.4 is 0 Å². The van der Waals surface area contributed by atoms with Gasteiger partial charge in [-0.2, -0.15) is 0 Å². The van der Waals surface area contributed by atoms with Crippen LogP contribution >= 0.6 is 0 Å². The fourth-order valence-corrected chi connectivity index (χ4v) is 2.33. The third-order valence-electron chi connectivity index (χ3n) is 3.12. The van der Waals surface area contributed by atoms with Crippen LogP contribution in [0.2, 0.25) is 11.6 Å². The molecule has 0 aromatic heterocycles. The lowest BCUT2D eigenvalue weighted by molar-refractivity contribution is -0.194.